The minimum absolute atomic E-state index is 0.228. The van der Waals surface area contributed by atoms with E-state index in [9.17, 15) is 0 Å². The largest absolute Gasteiger partial charge is 0.368 e. The van der Waals surface area contributed by atoms with Crippen molar-refractivity contribution >= 4 is 23.8 Å². The molecule has 1 heterocycles. The van der Waals surface area contributed by atoms with Crippen LogP contribution in [0.15, 0.2) is 6.33 Å². The highest BCUT2D eigenvalue weighted by atomic mass is 32.2. The Kier molecular flexibility index (Phi) is 2.27. The van der Waals surface area contributed by atoms with Gasteiger partial charge in [-0.1, -0.05) is 11.9 Å². The lowest BCUT2D eigenvalue weighted by Crippen LogP contribution is -1.99. The molecule has 0 aliphatic carbocycles. The van der Waals surface area contributed by atoms with Crippen molar-refractivity contribution in [1.82, 2.24) is 15.0 Å². The monoisotopic (exact) mass is 157 g/mol. The number of nitrogens with one attached hydrogen (secondary N) is 1. The molecule has 1 rings (SSSR count). The van der Waals surface area contributed by atoms with Crippen molar-refractivity contribution in [3.63, 3.8) is 0 Å². The van der Waals surface area contributed by atoms with Crippen LogP contribution in [0.3, 0.4) is 0 Å². The summed E-state index contributed by atoms with van der Waals surface area (Å²) in [6, 6.07) is 0. The summed E-state index contributed by atoms with van der Waals surface area (Å²) in [5.74, 6) is 0.714. The maximum atomic E-state index is 5.28. The van der Waals surface area contributed by atoms with Crippen LogP contribution in [0.5, 0.6) is 0 Å². The maximum Gasteiger partial charge on any atom is 0.237 e. The first-order valence-electron chi connectivity index (χ1n) is 2.56. The van der Waals surface area contributed by atoms with Gasteiger partial charge in [-0.3, -0.25) is 4.72 Å². The second kappa shape index (κ2) is 3.21. The standard InChI is InChI=1S/C4H7N5S/c1-10-9-4-7-2-6-3(5)8-4/h2H,1H3,(H3,5,6,7,8,9). The fourth-order valence-electron chi connectivity index (χ4n) is 0.449. The molecule has 0 aromatic carbocycles. The van der Waals surface area contributed by atoms with Crippen molar-refractivity contribution in [2.45, 2.75) is 0 Å². The number of hydrogen-bond acceptors (Lipinski definition) is 6. The SMILES string of the molecule is CSNc1ncnc(N)n1. The van der Waals surface area contributed by atoms with Gasteiger partial charge in [0, 0.05) is 6.26 Å². The zero-order valence-electron chi connectivity index (χ0n) is 5.40. The zero-order valence-corrected chi connectivity index (χ0v) is 6.22. The van der Waals surface area contributed by atoms with Gasteiger partial charge in [-0.2, -0.15) is 4.98 Å². The number of hydrogen-bond donors (Lipinski definition) is 2. The van der Waals surface area contributed by atoms with Gasteiger partial charge in [-0.05, 0) is 0 Å². The van der Waals surface area contributed by atoms with Crippen molar-refractivity contribution in [3.05, 3.63) is 6.33 Å². The summed E-state index contributed by atoms with van der Waals surface area (Å²) in [4.78, 5) is 11.2. The van der Waals surface area contributed by atoms with Crippen LogP contribution in [0, 0.1) is 0 Å². The fraction of sp³-hybridized carbons (Fsp3) is 0.250. The van der Waals surface area contributed by atoms with E-state index < -0.39 is 0 Å². The highest BCUT2D eigenvalue weighted by molar-refractivity contribution is 7.99. The quantitative estimate of drug-likeness (QED) is 0.595. The fourth-order valence-corrected chi connectivity index (χ4v) is 0.730. The van der Waals surface area contributed by atoms with Gasteiger partial charge in [0.1, 0.15) is 6.33 Å². The summed E-state index contributed by atoms with van der Waals surface area (Å²) in [5.41, 5.74) is 5.28. The minimum atomic E-state index is 0.228. The third kappa shape index (κ3) is 1.73. The van der Waals surface area contributed by atoms with Gasteiger partial charge in [0.15, 0.2) is 0 Å². The molecule has 54 valence electrons. The van der Waals surface area contributed by atoms with E-state index in [-0.39, 0.29) is 5.95 Å². The molecule has 0 aliphatic rings. The molecule has 0 aliphatic heterocycles. The molecular weight excluding hydrogens is 150 g/mol. The Hall–Kier alpha value is -1.04. The van der Waals surface area contributed by atoms with E-state index in [1.807, 2.05) is 6.26 Å². The number of rotatable bonds is 2. The molecule has 1 aromatic rings. The third-order valence-corrected chi connectivity index (χ3v) is 1.17. The van der Waals surface area contributed by atoms with Crippen LogP contribution in [0.1, 0.15) is 0 Å². The molecule has 0 atom stereocenters. The number of anilines is 2. The van der Waals surface area contributed by atoms with Crippen molar-refractivity contribution in [2.75, 3.05) is 16.7 Å². The summed E-state index contributed by atoms with van der Waals surface area (Å²) < 4.78 is 2.82. The summed E-state index contributed by atoms with van der Waals surface area (Å²) in [7, 11) is 0. The first kappa shape index (κ1) is 7.07. The Morgan fingerprint density at radius 3 is 3.00 bits per heavy atom. The second-order valence-corrected chi connectivity index (χ2v) is 2.09. The number of aromatic nitrogens is 3. The molecule has 0 bridgehead atoms. The van der Waals surface area contributed by atoms with E-state index in [1.54, 1.807) is 0 Å². The Morgan fingerprint density at radius 1 is 1.60 bits per heavy atom. The number of nitrogen functional groups attached to an aromatic ring is 1. The highest BCUT2D eigenvalue weighted by Crippen LogP contribution is 2.01. The molecule has 0 amide bonds. The Morgan fingerprint density at radius 2 is 2.40 bits per heavy atom. The van der Waals surface area contributed by atoms with Crippen LogP contribution in [0.2, 0.25) is 0 Å². The van der Waals surface area contributed by atoms with Crippen LogP contribution in [-0.4, -0.2) is 21.2 Å². The van der Waals surface area contributed by atoms with E-state index in [1.165, 1.54) is 18.3 Å². The van der Waals surface area contributed by atoms with Gasteiger partial charge in [-0.25, -0.2) is 9.97 Å². The number of nitrogens with zero attached hydrogens (tertiary/aromatic N) is 3. The summed E-state index contributed by atoms with van der Waals surface area (Å²) in [5, 5.41) is 0. The molecule has 0 spiro atoms. The lowest BCUT2D eigenvalue weighted by atomic mass is 10.9. The van der Waals surface area contributed by atoms with Gasteiger partial charge < -0.3 is 5.73 Å². The van der Waals surface area contributed by atoms with E-state index >= 15 is 0 Å². The summed E-state index contributed by atoms with van der Waals surface area (Å²) in [6.07, 6.45) is 3.24. The summed E-state index contributed by atoms with van der Waals surface area (Å²) in [6.45, 7) is 0. The van der Waals surface area contributed by atoms with Crippen molar-refractivity contribution in [1.29, 1.82) is 0 Å². The van der Waals surface area contributed by atoms with Gasteiger partial charge in [0.2, 0.25) is 11.9 Å². The second-order valence-electron chi connectivity index (χ2n) is 1.47. The van der Waals surface area contributed by atoms with Crippen LogP contribution in [0.4, 0.5) is 11.9 Å². The smallest absolute Gasteiger partial charge is 0.237 e. The molecule has 0 fully saturated rings. The van der Waals surface area contributed by atoms with E-state index in [0.29, 0.717) is 5.95 Å². The first-order valence-corrected chi connectivity index (χ1v) is 3.79. The number of nitrogens with two attached hydrogens (primary N) is 1. The molecule has 6 heteroatoms. The predicted molar refractivity (Wildman–Crippen MR) is 41.4 cm³/mol. The molecule has 10 heavy (non-hydrogen) atoms. The Balaban J connectivity index is 2.75. The van der Waals surface area contributed by atoms with Gasteiger partial charge >= 0.3 is 0 Å². The van der Waals surface area contributed by atoms with Crippen LogP contribution < -0.4 is 10.5 Å². The van der Waals surface area contributed by atoms with Crippen molar-refractivity contribution in [2.24, 2.45) is 0 Å². The van der Waals surface area contributed by atoms with E-state index in [0.717, 1.165) is 0 Å². The maximum absolute atomic E-state index is 5.28. The minimum Gasteiger partial charge on any atom is -0.368 e. The third-order valence-electron chi connectivity index (χ3n) is 0.784. The zero-order chi connectivity index (χ0) is 7.40. The van der Waals surface area contributed by atoms with Crippen LogP contribution in [0.25, 0.3) is 0 Å². The highest BCUT2D eigenvalue weighted by Gasteiger charge is 1.92. The molecule has 5 nitrogen and oxygen atoms in total. The average Bonchev–Trinajstić information content (AvgIpc) is 1.88. The molecular formula is C4H7N5S. The Bertz CT molecular complexity index is 215. The molecule has 0 unspecified atom stereocenters. The van der Waals surface area contributed by atoms with Gasteiger partial charge in [0.25, 0.3) is 0 Å². The van der Waals surface area contributed by atoms with Gasteiger partial charge in [-0.15, -0.1) is 0 Å². The first-order chi connectivity index (χ1) is 4.83. The molecule has 0 radical (unpaired) electrons. The van der Waals surface area contributed by atoms with Gasteiger partial charge in [0.05, 0.1) is 0 Å². The topological polar surface area (TPSA) is 76.7 Å². The normalized spacial score (nSPS) is 9.30. The van der Waals surface area contributed by atoms with Crippen LogP contribution >= 0.6 is 11.9 Å². The van der Waals surface area contributed by atoms with E-state index in [4.69, 9.17) is 5.73 Å². The van der Waals surface area contributed by atoms with Crippen molar-refractivity contribution in [3.8, 4) is 0 Å². The lowest BCUT2D eigenvalue weighted by Gasteiger charge is -1.97. The van der Waals surface area contributed by atoms with Crippen LogP contribution in [-0.2, 0) is 0 Å². The van der Waals surface area contributed by atoms with E-state index in [2.05, 4.69) is 19.7 Å². The molecule has 0 saturated carbocycles. The molecule has 0 saturated heterocycles. The summed E-state index contributed by atoms with van der Waals surface area (Å²) >= 11 is 1.41. The predicted octanol–water partition coefficient (Wildman–Crippen LogP) is 0.144. The van der Waals surface area contributed by atoms with Crippen molar-refractivity contribution < 1.29 is 0 Å². The Labute approximate surface area is 62.6 Å². The molecule has 3 N–H and O–H groups in total. The average molecular weight is 157 g/mol. The molecule has 1 aromatic heterocycles. The lowest BCUT2D eigenvalue weighted by molar-refractivity contribution is 1.08.